The van der Waals surface area contributed by atoms with E-state index in [0.29, 0.717) is 6.54 Å². The van der Waals surface area contributed by atoms with E-state index in [-0.39, 0.29) is 23.4 Å². The number of pyridine rings is 1. The van der Waals surface area contributed by atoms with Gasteiger partial charge in [0.15, 0.2) is 5.82 Å². The average molecular weight is 453 g/mol. The molecular weight excluding hydrogens is 423 g/mol. The molecule has 174 valence electrons. The number of carbonyl (C=O) groups is 2. The Labute approximate surface area is 192 Å². The van der Waals surface area contributed by atoms with Crippen molar-refractivity contribution < 1.29 is 14.0 Å². The predicted molar refractivity (Wildman–Crippen MR) is 125 cm³/mol. The van der Waals surface area contributed by atoms with E-state index < -0.39 is 5.82 Å². The molecule has 2 aromatic rings. The summed E-state index contributed by atoms with van der Waals surface area (Å²) in [5, 5.41) is 5.66. The number of anilines is 3. The van der Waals surface area contributed by atoms with Crippen LogP contribution in [0.2, 0.25) is 0 Å². The van der Waals surface area contributed by atoms with Crippen molar-refractivity contribution in [2.24, 2.45) is 0 Å². The number of fused-ring (bicyclic) bond motifs is 3. The number of piperazine rings is 1. The Hall–Kier alpha value is -3.20. The Morgan fingerprint density at radius 2 is 2.03 bits per heavy atom. The first kappa shape index (κ1) is 21.6. The molecule has 4 heterocycles. The number of hydrogen-bond acceptors (Lipinski definition) is 6. The third-order valence-corrected chi connectivity index (χ3v) is 6.69. The van der Waals surface area contributed by atoms with Crippen molar-refractivity contribution in [3.8, 4) is 0 Å². The molecule has 0 spiro atoms. The molecule has 1 aromatic carbocycles. The first-order valence-electron chi connectivity index (χ1n) is 11.6. The van der Waals surface area contributed by atoms with Crippen LogP contribution in [-0.4, -0.2) is 67.0 Å². The number of aromatic nitrogens is 1. The maximum atomic E-state index is 14.5. The lowest BCUT2D eigenvalue weighted by Crippen LogP contribution is -2.46. The van der Waals surface area contributed by atoms with Crippen molar-refractivity contribution in [2.75, 3.05) is 54.4 Å². The normalized spacial score (nSPS) is 20.3. The molecular formula is C24H29FN6O2. The molecule has 1 aromatic heterocycles. The third-order valence-electron chi connectivity index (χ3n) is 6.69. The zero-order chi connectivity index (χ0) is 22.9. The van der Waals surface area contributed by atoms with E-state index in [2.05, 4.69) is 30.3 Å². The number of benzene rings is 1. The predicted octanol–water partition coefficient (Wildman–Crippen LogP) is 2.21. The van der Waals surface area contributed by atoms with Crippen LogP contribution in [0.4, 0.5) is 21.6 Å². The Balaban J connectivity index is 1.20. The molecule has 2 saturated heterocycles. The lowest BCUT2D eigenvalue weighted by atomic mass is 10.1. The van der Waals surface area contributed by atoms with Crippen LogP contribution < -0.4 is 20.4 Å². The summed E-state index contributed by atoms with van der Waals surface area (Å²) in [6, 6.07) is 6.77. The summed E-state index contributed by atoms with van der Waals surface area (Å²) in [5.74, 6) is 0.0616. The van der Waals surface area contributed by atoms with E-state index in [9.17, 15) is 14.0 Å². The fourth-order valence-electron chi connectivity index (χ4n) is 4.98. The molecule has 2 fully saturated rings. The second kappa shape index (κ2) is 8.97. The number of nitrogens with one attached hydrogen (secondary N) is 2. The van der Waals surface area contributed by atoms with Crippen LogP contribution in [0.1, 0.15) is 35.7 Å². The van der Waals surface area contributed by atoms with Crippen molar-refractivity contribution in [3.63, 3.8) is 0 Å². The van der Waals surface area contributed by atoms with Gasteiger partial charge in [-0.3, -0.25) is 14.5 Å². The van der Waals surface area contributed by atoms with Gasteiger partial charge in [0, 0.05) is 57.7 Å². The topological polar surface area (TPSA) is 80.8 Å². The SMILES string of the molecule is CCNC(=O)c1ccc(N2CCN(Cc3cnc4c(c3)NC(=O)[C@@H]3CCCN43)CC2)cc1F. The van der Waals surface area contributed by atoms with Crippen LogP contribution in [0.25, 0.3) is 0 Å². The standard InChI is InChI=1S/C24H29FN6O2/c1-2-26-23(32)18-6-5-17(13-19(18)25)30-10-8-29(9-11-30)15-16-12-20-22(27-14-16)31-7-3-4-21(31)24(33)28-20/h5-6,12-14,21H,2-4,7-11,15H2,1H3,(H,26,32)(H,28,33)/t21-/m0/s1. The maximum Gasteiger partial charge on any atom is 0.254 e. The van der Waals surface area contributed by atoms with E-state index in [0.717, 1.165) is 74.9 Å². The highest BCUT2D eigenvalue weighted by molar-refractivity contribution is 6.03. The first-order chi connectivity index (χ1) is 16.0. The highest BCUT2D eigenvalue weighted by Gasteiger charge is 2.37. The Morgan fingerprint density at radius 1 is 1.21 bits per heavy atom. The van der Waals surface area contributed by atoms with Gasteiger partial charge in [0.25, 0.3) is 5.91 Å². The molecule has 3 aliphatic rings. The van der Waals surface area contributed by atoms with E-state index in [1.54, 1.807) is 6.07 Å². The van der Waals surface area contributed by atoms with Gasteiger partial charge in [-0.05, 0) is 49.6 Å². The van der Waals surface area contributed by atoms with Gasteiger partial charge in [0.2, 0.25) is 5.91 Å². The number of amides is 2. The van der Waals surface area contributed by atoms with E-state index >= 15 is 0 Å². The molecule has 3 aliphatic heterocycles. The Morgan fingerprint density at radius 3 is 2.79 bits per heavy atom. The first-order valence-corrected chi connectivity index (χ1v) is 11.6. The molecule has 0 bridgehead atoms. The lowest BCUT2D eigenvalue weighted by molar-refractivity contribution is -0.117. The van der Waals surface area contributed by atoms with Crippen molar-refractivity contribution in [2.45, 2.75) is 32.4 Å². The molecule has 8 nitrogen and oxygen atoms in total. The fraction of sp³-hybridized carbons (Fsp3) is 0.458. The van der Waals surface area contributed by atoms with Gasteiger partial charge in [0.1, 0.15) is 11.9 Å². The Kier molecular flexibility index (Phi) is 5.88. The minimum atomic E-state index is -0.497. The molecule has 33 heavy (non-hydrogen) atoms. The molecule has 0 radical (unpaired) electrons. The molecule has 2 N–H and O–H groups in total. The van der Waals surface area contributed by atoms with Crippen LogP contribution in [0.3, 0.4) is 0 Å². The molecule has 5 rings (SSSR count). The third kappa shape index (κ3) is 4.25. The highest BCUT2D eigenvalue weighted by Crippen LogP contribution is 2.35. The van der Waals surface area contributed by atoms with Gasteiger partial charge in [-0.1, -0.05) is 0 Å². The smallest absolute Gasteiger partial charge is 0.254 e. The van der Waals surface area contributed by atoms with Crippen molar-refractivity contribution in [1.82, 2.24) is 15.2 Å². The number of hydrogen-bond donors (Lipinski definition) is 2. The molecule has 0 unspecified atom stereocenters. The van der Waals surface area contributed by atoms with Gasteiger partial charge < -0.3 is 20.4 Å². The van der Waals surface area contributed by atoms with Crippen LogP contribution >= 0.6 is 0 Å². The summed E-state index contributed by atoms with van der Waals surface area (Å²) < 4.78 is 14.5. The molecule has 1 atom stereocenters. The second-order valence-corrected chi connectivity index (χ2v) is 8.84. The summed E-state index contributed by atoms with van der Waals surface area (Å²) in [6.45, 7) is 7.10. The van der Waals surface area contributed by atoms with Gasteiger partial charge in [-0.2, -0.15) is 0 Å². The van der Waals surface area contributed by atoms with Crippen molar-refractivity contribution in [3.05, 3.63) is 47.4 Å². The summed E-state index contributed by atoms with van der Waals surface area (Å²) in [7, 11) is 0. The largest absolute Gasteiger partial charge is 0.369 e. The zero-order valence-corrected chi connectivity index (χ0v) is 18.8. The minimum absolute atomic E-state index is 0.0676. The fourth-order valence-corrected chi connectivity index (χ4v) is 4.98. The number of rotatable bonds is 5. The number of nitrogens with zero attached hydrogens (tertiary/aromatic N) is 4. The summed E-state index contributed by atoms with van der Waals surface area (Å²) >= 11 is 0. The van der Waals surface area contributed by atoms with Crippen molar-refractivity contribution >= 4 is 29.0 Å². The summed E-state index contributed by atoms with van der Waals surface area (Å²) in [5.41, 5.74) is 2.74. The van der Waals surface area contributed by atoms with E-state index in [1.165, 1.54) is 6.07 Å². The van der Waals surface area contributed by atoms with Crippen LogP contribution in [0, 0.1) is 5.82 Å². The zero-order valence-electron chi connectivity index (χ0n) is 18.8. The van der Waals surface area contributed by atoms with E-state index in [4.69, 9.17) is 0 Å². The van der Waals surface area contributed by atoms with Gasteiger partial charge in [0.05, 0.1) is 11.3 Å². The van der Waals surface area contributed by atoms with Crippen molar-refractivity contribution in [1.29, 1.82) is 0 Å². The van der Waals surface area contributed by atoms with E-state index in [1.807, 2.05) is 25.3 Å². The summed E-state index contributed by atoms with van der Waals surface area (Å²) in [4.78, 5) is 35.6. The minimum Gasteiger partial charge on any atom is -0.369 e. The van der Waals surface area contributed by atoms with Crippen LogP contribution in [-0.2, 0) is 11.3 Å². The molecule has 0 saturated carbocycles. The van der Waals surface area contributed by atoms with Crippen LogP contribution in [0.15, 0.2) is 30.5 Å². The van der Waals surface area contributed by atoms with Gasteiger partial charge in [-0.25, -0.2) is 9.37 Å². The average Bonchev–Trinajstić information content (AvgIpc) is 3.30. The Bertz CT molecular complexity index is 1070. The summed E-state index contributed by atoms with van der Waals surface area (Å²) in [6.07, 6.45) is 3.81. The monoisotopic (exact) mass is 452 g/mol. The maximum absolute atomic E-state index is 14.5. The molecule has 2 amide bonds. The lowest BCUT2D eigenvalue weighted by Gasteiger charge is -2.36. The quantitative estimate of drug-likeness (QED) is 0.724. The number of carbonyl (C=O) groups excluding carboxylic acids is 2. The van der Waals surface area contributed by atoms with Crippen LogP contribution in [0.5, 0.6) is 0 Å². The van der Waals surface area contributed by atoms with Gasteiger partial charge in [-0.15, -0.1) is 0 Å². The molecule has 0 aliphatic carbocycles. The van der Waals surface area contributed by atoms with Gasteiger partial charge >= 0.3 is 0 Å². The number of halogens is 1. The second-order valence-electron chi connectivity index (χ2n) is 8.84. The molecule has 9 heteroatoms. The highest BCUT2D eigenvalue weighted by atomic mass is 19.1.